The number of esters is 1. The Morgan fingerprint density at radius 2 is 2.21 bits per heavy atom. The summed E-state index contributed by atoms with van der Waals surface area (Å²) in [6.45, 7) is 4.80. The SMILES string of the molecule is COC(=O)C1=CC=CC2=C(CC[C@@H](C)[C@]2(C)CCC2=CCC=C2)C1. The average Bonchev–Trinajstić information content (AvgIpc) is 3.01. The minimum Gasteiger partial charge on any atom is -0.466 e. The normalized spacial score (nSPS) is 29.0. The van der Waals surface area contributed by atoms with E-state index >= 15 is 0 Å². The van der Waals surface area contributed by atoms with E-state index in [2.05, 4.69) is 38.2 Å². The van der Waals surface area contributed by atoms with Crippen LogP contribution in [0.15, 0.2) is 58.7 Å². The van der Waals surface area contributed by atoms with Gasteiger partial charge in [0.1, 0.15) is 0 Å². The molecule has 2 heteroatoms. The van der Waals surface area contributed by atoms with Crippen LogP contribution in [-0.4, -0.2) is 13.1 Å². The molecule has 0 aromatic heterocycles. The Bertz CT molecular complexity index is 672. The van der Waals surface area contributed by atoms with Crippen LogP contribution in [0.2, 0.25) is 0 Å². The molecule has 128 valence electrons. The smallest absolute Gasteiger partial charge is 0.334 e. The van der Waals surface area contributed by atoms with Crippen LogP contribution in [0.1, 0.15) is 52.4 Å². The van der Waals surface area contributed by atoms with Gasteiger partial charge in [-0.05, 0) is 49.0 Å². The van der Waals surface area contributed by atoms with Crippen LogP contribution < -0.4 is 0 Å². The highest BCUT2D eigenvalue weighted by atomic mass is 16.5. The van der Waals surface area contributed by atoms with Gasteiger partial charge >= 0.3 is 5.97 Å². The van der Waals surface area contributed by atoms with Crippen LogP contribution in [0.4, 0.5) is 0 Å². The topological polar surface area (TPSA) is 26.3 Å². The molecule has 0 unspecified atom stereocenters. The minimum absolute atomic E-state index is 0.181. The van der Waals surface area contributed by atoms with Gasteiger partial charge in [0, 0.05) is 12.0 Å². The number of ether oxygens (including phenoxy) is 1. The highest BCUT2D eigenvalue weighted by Crippen LogP contribution is 2.50. The second-order valence-electron chi connectivity index (χ2n) is 7.51. The molecule has 0 bridgehead atoms. The summed E-state index contributed by atoms with van der Waals surface area (Å²) in [5, 5.41) is 0. The van der Waals surface area contributed by atoms with Crippen LogP contribution in [0, 0.1) is 11.3 Å². The Hall–Kier alpha value is -1.83. The number of allylic oxidation sites excluding steroid dienone is 9. The lowest BCUT2D eigenvalue weighted by atomic mass is 9.62. The molecule has 0 aromatic rings. The van der Waals surface area contributed by atoms with Crippen molar-refractivity contribution in [3.05, 3.63) is 58.7 Å². The van der Waals surface area contributed by atoms with E-state index in [1.165, 1.54) is 36.7 Å². The van der Waals surface area contributed by atoms with Crippen molar-refractivity contribution in [2.24, 2.45) is 11.3 Å². The first kappa shape index (κ1) is 17.0. The molecule has 0 heterocycles. The predicted octanol–water partition coefficient (Wildman–Crippen LogP) is 5.45. The molecule has 3 aliphatic carbocycles. The van der Waals surface area contributed by atoms with Gasteiger partial charge in [0.2, 0.25) is 0 Å². The Morgan fingerprint density at radius 1 is 1.38 bits per heavy atom. The Kier molecular flexibility index (Phi) is 4.93. The van der Waals surface area contributed by atoms with E-state index in [9.17, 15) is 4.79 Å². The molecule has 2 nitrogen and oxygen atoms in total. The first-order chi connectivity index (χ1) is 11.5. The van der Waals surface area contributed by atoms with E-state index in [1.807, 2.05) is 12.2 Å². The molecule has 0 spiro atoms. The van der Waals surface area contributed by atoms with Gasteiger partial charge in [0.25, 0.3) is 0 Å². The molecule has 0 aliphatic heterocycles. The van der Waals surface area contributed by atoms with Crippen molar-refractivity contribution >= 4 is 5.97 Å². The summed E-state index contributed by atoms with van der Waals surface area (Å²) >= 11 is 0. The van der Waals surface area contributed by atoms with Crippen molar-refractivity contribution in [1.29, 1.82) is 0 Å². The zero-order valence-corrected chi connectivity index (χ0v) is 15.1. The summed E-state index contributed by atoms with van der Waals surface area (Å²) in [5.41, 5.74) is 5.32. The minimum atomic E-state index is -0.199. The van der Waals surface area contributed by atoms with Crippen molar-refractivity contribution in [3.63, 3.8) is 0 Å². The zero-order valence-electron chi connectivity index (χ0n) is 15.1. The maximum atomic E-state index is 12.0. The number of methoxy groups -OCH3 is 1. The molecule has 0 aromatic carbocycles. The zero-order chi connectivity index (χ0) is 17.2. The lowest BCUT2D eigenvalue weighted by molar-refractivity contribution is -0.136. The maximum absolute atomic E-state index is 12.0. The van der Waals surface area contributed by atoms with E-state index in [4.69, 9.17) is 4.74 Å². The van der Waals surface area contributed by atoms with Crippen molar-refractivity contribution in [2.75, 3.05) is 7.11 Å². The summed E-state index contributed by atoms with van der Waals surface area (Å²) in [6, 6.07) is 0. The van der Waals surface area contributed by atoms with Crippen LogP contribution >= 0.6 is 0 Å². The average molecular weight is 324 g/mol. The summed E-state index contributed by atoms with van der Waals surface area (Å²) in [6.07, 6.45) is 19.5. The number of hydrogen-bond donors (Lipinski definition) is 0. The fraction of sp³-hybridized carbons (Fsp3) is 0.500. The van der Waals surface area contributed by atoms with Gasteiger partial charge in [0.15, 0.2) is 0 Å². The van der Waals surface area contributed by atoms with E-state index in [1.54, 1.807) is 0 Å². The first-order valence-corrected chi connectivity index (χ1v) is 9.08. The molecule has 0 N–H and O–H groups in total. The Morgan fingerprint density at radius 3 is 2.92 bits per heavy atom. The van der Waals surface area contributed by atoms with E-state index in [0.29, 0.717) is 5.92 Å². The third kappa shape index (κ3) is 3.19. The molecular weight excluding hydrogens is 296 g/mol. The van der Waals surface area contributed by atoms with Crippen molar-refractivity contribution in [3.8, 4) is 0 Å². The highest BCUT2D eigenvalue weighted by molar-refractivity contribution is 5.89. The standard InChI is InChI=1S/C22H28O2/c1-16-11-12-18-15-19(21(23)24-3)9-6-10-20(18)22(16,2)14-13-17-7-4-5-8-17/h4,6-10,16H,5,11-15H2,1-3H3/t16-,22+/m1/s1. The van der Waals surface area contributed by atoms with Gasteiger partial charge in [-0.3, -0.25) is 0 Å². The lowest BCUT2D eigenvalue weighted by Crippen LogP contribution is -2.32. The van der Waals surface area contributed by atoms with Gasteiger partial charge < -0.3 is 4.74 Å². The molecule has 24 heavy (non-hydrogen) atoms. The summed E-state index contributed by atoms with van der Waals surface area (Å²) in [5.74, 6) is 0.460. The fourth-order valence-corrected chi connectivity index (χ4v) is 4.30. The van der Waals surface area contributed by atoms with Crippen molar-refractivity contribution < 1.29 is 9.53 Å². The third-order valence-electron chi connectivity index (χ3n) is 6.16. The second-order valence-corrected chi connectivity index (χ2v) is 7.51. The van der Waals surface area contributed by atoms with Gasteiger partial charge in [-0.15, -0.1) is 0 Å². The molecular formula is C22H28O2. The molecule has 0 amide bonds. The predicted molar refractivity (Wildman–Crippen MR) is 98.5 cm³/mol. The van der Waals surface area contributed by atoms with Gasteiger partial charge in [-0.1, -0.05) is 61.4 Å². The maximum Gasteiger partial charge on any atom is 0.334 e. The number of carbonyl (C=O) groups is 1. The van der Waals surface area contributed by atoms with Gasteiger partial charge in [0.05, 0.1) is 7.11 Å². The largest absolute Gasteiger partial charge is 0.466 e. The molecule has 3 aliphatic rings. The molecule has 3 rings (SSSR count). The van der Waals surface area contributed by atoms with Gasteiger partial charge in [-0.2, -0.15) is 0 Å². The number of carbonyl (C=O) groups excluding carboxylic acids is 1. The first-order valence-electron chi connectivity index (χ1n) is 9.08. The quantitative estimate of drug-likeness (QED) is 0.643. The Labute approximate surface area is 145 Å². The fourth-order valence-electron chi connectivity index (χ4n) is 4.30. The lowest BCUT2D eigenvalue weighted by Gasteiger charge is -2.43. The van der Waals surface area contributed by atoms with E-state index < -0.39 is 0 Å². The van der Waals surface area contributed by atoms with Crippen LogP contribution in [0.25, 0.3) is 0 Å². The summed E-state index contributed by atoms with van der Waals surface area (Å²) in [4.78, 5) is 12.0. The summed E-state index contributed by atoms with van der Waals surface area (Å²) < 4.78 is 4.93. The van der Waals surface area contributed by atoms with Crippen molar-refractivity contribution in [1.82, 2.24) is 0 Å². The monoisotopic (exact) mass is 324 g/mol. The molecule has 0 radical (unpaired) electrons. The molecule has 0 fully saturated rings. The highest BCUT2D eigenvalue weighted by Gasteiger charge is 2.39. The van der Waals surface area contributed by atoms with E-state index in [-0.39, 0.29) is 11.4 Å². The van der Waals surface area contributed by atoms with E-state index in [0.717, 1.165) is 31.3 Å². The van der Waals surface area contributed by atoms with Crippen LogP contribution in [-0.2, 0) is 9.53 Å². The number of rotatable bonds is 4. The molecule has 0 saturated heterocycles. The third-order valence-corrected chi connectivity index (χ3v) is 6.16. The van der Waals surface area contributed by atoms with Crippen molar-refractivity contribution in [2.45, 2.75) is 52.4 Å². The van der Waals surface area contributed by atoms with Crippen LogP contribution in [0.5, 0.6) is 0 Å². The molecule has 0 saturated carbocycles. The number of hydrogen-bond acceptors (Lipinski definition) is 2. The van der Waals surface area contributed by atoms with Crippen LogP contribution in [0.3, 0.4) is 0 Å². The second kappa shape index (κ2) is 6.96. The van der Waals surface area contributed by atoms with Gasteiger partial charge in [-0.25, -0.2) is 4.79 Å². The summed E-state index contributed by atoms with van der Waals surface area (Å²) in [7, 11) is 1.46. The Balaban J connectivity index is 1.86. The molecule has 2 atom stereocenters.